The van der Waals surface area contributed by atoms with Crippen molar-refractivity contribution >= 4 is 11.8 Å². The Kier molecular flexibility index (Phi) is 4.79. The molecule has 1 aliphatic heterocycles. The van der Waals surface area contributed by atoms with Crippen molar-refractivity contribution in [2.75, 3.05) is 6.54 Å². The number of carbonyl (C=O) groups excluding carboxylic acids is 2. The summed E-state index contributed by atoms with van der Waals surface area (Å²) in [5.41, 5.74) is 0.811. The summed E-state index contributed by atoms with van der Waals surface area (Å²) >= 11 is 0. The van der Waals surface area contributed by atoms with Crippen LogP contribution in [0.3, 0.4) is 0 Å². The van der Waals surface area contributed by atoms with Crippen LogP contribution in [0.15, 0.2) is 53.5 Å². The summed E-state index contributed by atoms with van der Waals surface area (Å²) < 4.78 is 1.55. The molecule has 1 saturated carbocycles. The summed E-state index contributed by atoms with van der Waals surface area (Å²) in [7, 11) is 0. The van der Waals surface area contributed by atoms with Crippen molar-refractivity contribution in [3.63, 3.8) is 0 Å². The zero-order valence-electron chi connectivity index (χ0n) is 15.1. The normalized spacial score (nSPS) is 22.1. The number of fused-ring (bicyclic) bond motifs is 1. The summed E-state index contributed by atoms with van der Waals surface area (Å²) in [6, 6.07) is 12.9. The molecule has 6 heteroatoms. The summed E-state index contributed by atoms with van der Waals surface area (Å²) in [6.45, 7) is 0.431. The Morgan fingerprint density at radius 3 is 2.63 bits per heavy atom. The molecule has 2 fully saturated rings. The SMILES string of the molecule is O=C1CN(C(=O)c2cccn(Cc3ccccc3)c2=O)[C@H]2CCCC[C@H]2N1. The summed E-state index contributed by atoms with van der Waals surface area (Å²) in [5.74, 6) is -0.485. The van der Waals surface area contributed by atoms with Crippen LogP contribution in [-0.4, -0.2) is 39.9 Å². The standard InChI is InChI=1S/C21H23N3O3/c25-19-14-24(18-11-5-4-10-17(18)22-19)21(27)16-9-6-12-23(20(16)26)13-15-7-2-1-3-8-15/h1-3,6-9,12,17-18H,4-5,10-11,13-14H2,(H,22,25)/t17-,18+/m1/s1. The number of hydrogen-bond acceptors (Lipinski definition) is 3. The molecule has 0 radical (unpaired) electrons. The number of piperazine rings is 1. The van der Waals surface area contributed by atoms with Crippen molar-refractivity contribution in [3.05, 3.63) is 70.1 Å². The molecule has 140 valence electrons. The quantitative estimate of drug-likeness (QED) is 0.901. The molecule has 0 unspecified atom stereocenters. The van der Waals surface area contributed by atoms with Gasteiger partial charge in [-0.25, -0.2) is 0 Å². The van der Waals surface area contributed by atoms with Crippen LogP contribution in [0.5, 0.6) is 0 Å². The van der Waals surface area contributed by atoms with E-state index >= 15 is 0 Å². The second kappa shape index (κ2) is 7.39. The van der Waals surface area contributed by atoms with E-state index in [9.17, 15) is 14.4 Å². The summed E-state index contributed by atoms with van der Waals surface area (Å²) in [6.07, 6.45) is 5.53. The van der Waals surface area contributed by atoms with Crippen LogP contribution < -0.4 is 10.9 Å². The smallest absolute Gasteiger partial charge is 0.263 e. The van der Waals surface area contributed by atoms with Gasteiger partial charge in [-0.05, 0) is 30.5 Å². The van der Waals surface area contributed by atoms with Gasteiger partial charge >= 0.3 is 0 Å². The van der Waals surface area contributed by atoms with E-state index in [-0.39, 0.29) is 41.6 Å². The van der Waals surface area contributed by atoms with Gasteiger partial charge in [0, 0.05) is 12.2 Å². The number of nitrogens with zero attached hydrogens (tertiary/aromatic N) is 2. The van der Waals surface area contributed by atoms with Gasteiger partial charge < -0.3 is 14.8 Å². The third-order valence-corrected chi connectivity index (χ3v) is 5.50. The zero-order valence-corrected chi connectivity index (χ0v) is 15.1. The first-order valence-corrected chi connectivity index (χ1v) is 9.47. The summed E-state index contributed by atoms with van der Waals surface area (Å²) in [4.78, 5) is 39.7. The van der Waals surface area contributed by atoms with Gasteiger partial charge in [0.25, 0.3) is 11.5 Å². The lowest BCUT2D eigenvalue weighted by Crippen LogP contribution is -2.63. The highest BCUT2D eigenvalue weighted by atomic mass is 16.2. The fourth-order valence-electron chi connectivity index (χ4n) is 4.16. The maximum absolute atomic E-state index is 13.2. The zero-order chi connectivity index (χ0) is 18.8. The Morgan fingerprint density at radius 2 is 1.81 bits per heavy atom. The summed E-state index contributed by atoms with van der Waals surface area (Å²) in [5, 5.41) is 3.00. The van der Waals surface area contributed by atoms with Crippen LogP contribution in [0.2, 0.25) is 0 Å². The molecule has 2 atom stereocenters. The molecular formula is C21H23N3O3. The molecule has 1 aromatic heterocycles. The molecule has 1 saturated heterocycles. The molecule has 2 aliphatic rings. The van der Waals surface area contributed by atoms with Crippen LogP contribution in [0, 0.1) is 0 Å². The minimum atomic E-state index is -0.339. The predicted molar refractivity (Wildman–Crippen MR) is 101 cm³/mol. The van der Waals surface area contributed by atoms with Gasteiger partial charge in [0.05, 0.1) is 12.6 Å². The molecule has 2 aromatic rings. The molecule has 2 heterocycles. The van der Waals surface area contributed by atoms with Crippen molar-refractivity contribution in [1.29, 1.82) is 0 Å². The first kappa shape index (κ1) is 17.5. The van der Waals surface area contributed by atoms with E-state index in [4.69, 9.17) is 0 Å². The van der Waals surface area contributed by atoms with Crippen LogP contribution in [0.4, 0.5) is 0 Å². The minimum absolute atomic E-state index is 0.000735. The number of amides is 2. The van der Waals surface area contributed by atoms with Crippen LogP contribution in [0.1, 0.15) is 41.6 Å². The average Bonchev–Trinajstić information content (AvgIpc) is 2.69. The van der Waals surface area contributed by atoms with Crippen LogP contribution >= 0.6 is 0 Å². The monoisotopic (exact) mass is 365 g/mol. The van der Waals surface area contributed by atoms with E-state index < -0.39 is 0 Å². The fraction of sp³-hybridized carbons (Fsp3) is 0.381. The van der Waals surface area contributed by atoms with E-state index in [0.29, 0.717) is 6.54 Å². The molecular weight excluding hydrogens is 342 g/mol. The molecule has 0 bridgehead atoms. The highest BCUT2D eigenvalue weighted by Crippen LogP contribution is 2.26. The lowest BCUT2D eigenvalue weighted by Gasteiger charge is -2.43. The van der Waals surface area contributed by atoms with E-state index in [1.165, 1.54) is 0 Å². The fourth-order valence-corrected chi connectivity index (χ4v) is 4.16. The average molecular weight is 365 g/mol. The molecule has 1 aromatic carbocycles. The van der Waals surface area contributed by atoms with Gasteiger partial charge in [0.1, 0.15) is 12.1 Å². The third-order valence-electron chi connectivity index (χ3n) is 5.50. The Balaban J connectivity index is 1.62. The van der Waals surface area contributed by atoms with E-state index in [1.54, 1.807) is 27.8 Å². The Labute approximate surface area is 157 Å². The number of carbonyl (C=O) groups is 2. The van der Waals surface area contributed by atoms with Crippen LogP contribution in [-0.2, 0) is 11.3 Å². The van der Waals surface area contributed by atoms with Crippen molar-refractivity contribution in [2.24, 2.45) is 0 Å². The number of nitrogens with one attached hydrogen (secondary N) is 1. The van der Waals surface area contributed by atoms with Crippen LogP contribution in [0.25, 0.3) is 0 Å². The van der Waals surface area contributed by atoms with Gasteiger partial charge in [-0.1, -0.05) is 43.2 Å². The maximum atomic E-state index is 13.2. The van der Waals surface area contributed by atoms with Gasteiger partial charge in [0.2, 0.25) is 5.91 Å². The largest absolute Gasteiger partial charge is 0.350 e. The molecule has 2 amide bonds. The Bertz CT molecular complexity index is 906. The molecule has 1 N–H and O–H groups in total. The molecule has 1 aliphatic carbocycles. The lowest BCUT2D eigenvalue weighted by atomic mass is 9.87. The maximum Gasteiger partial charge on any atom is 0.263 e. The number of benzene rings is 1. The number of aromatic nitrogens is 1. The van der Waals surface area contributed by atoms with Gasteiger partial charge in [0.15, 0.2) is 0 Å². The molecule has 6 nitrogen and oxygen atoms in total. The highest BCUT2D eigenvalue weighted by Gasteiger charge is 2.39. The second-order valence-corrected chi connectivity index (χ2v) is 7.30. The van der Waals surface area contributed by atoms with Crippen molar-refractivity contribution in [3.8, 4) is 0 Å². The number of pyridine rings is 1. The highest BCUT2D eigenvalue weighted by molar-refractivity contribution is 5.97. The van der Waals surface area contributed by atoms with E-state index in [1.807, 2.05) is 30.3 Å². The topological polar surface area (TPSA) is 71.4 Å². The van der Waals surface area contributed by atoms with Gasteiger partial charge in [-0.15, -0.1) is 0 Å². The van der Waals surface area contributed by atoms with E-state index in [0.717, 1.165) is 31.2 Å². The molecule has 0 spiro atoms. The lowest BCUT2D eigenvalue weighted by molar-refractivity contribution is -0.127. The number of rotatable bonds is 3. The first-order valence-electron chi connectivity index (χ1n) is 9.47. The van der Waals surface area contributed by atoms with Crippen molar-refractivity contribution in [2.45, 2.75) is 44.3 Å². The Morgan fingerprint density at radius 1 is 1.04 bits per heavy atom. The first-order chi connectivity index (χ1) is 13.1. The van der Waals surface area contributed by atoms with Crippen molar-refractivity contribution < 1.29 is 9.59 Å². The minimum Gasteiger partial charge on any atom is -0.350 e. The molecule has 4 rings (SSSR count). The number of hydrogen-bond donors (Lipinski definition) is 1. The van der Waals surface area contributed by atoms with Gasteiger partial charge in [-0.2, -0.15) is 0 Å². The van der Waals surface area contributed by atoms with Crippen molar-refractivity contribution in [1.82, 2.24) is 14.8 Å². The second-order valence-electron chi connectivity index (χ2n) is 7.30. The van der Waals surface area contributed by atoms with Gasteiger partial charge in [-0.3, -0.25) is 14.4 Å². The predicted octanol–water partition coefficient (Wildman–Crippen LogP) is 1.78. The molecule has 27 heavy (non-hydrogen) atoms. The Hall–Kier alpha value is -2.89. The van der Waals surface area contributed by atoms with E-state index in [2.05, 4.69) is 5.32 Å². The third kappa shape index (κ3) is 3.52.